The molecule has 1 atom stereocenters. The van der Waals surface area contributed by atoms with Gasteiger partial charge in [-0.3, -0.25) is 4.79 Å². The van der Waals surface area contributed by atoms with Crippen molar-refractivity contribution in [1.29, 1.82) is 0 Å². The third-order valence-electron chi connectivity index (χ3n) is 4.32. The number of amides is 1. The summed E-state index contributed by atoms with van der Waals surface area (Å²) in [7, 11) is 1.79. The standard InChI is InChI=1S/C14H21N3O2S/c1-10(11-6-5-9-20-11)17(2)13(18)14(12(15)16-19)7-3-4-8-14/h5-6,9-10,19H,3-4,7-8H2,1-2H3,(H2,15,16). The molecule has 3 N–H and O–H groups in total. The van der Waals surface area contributed by atoms with Crippen LogP contribution in [0.3, 0.4) is 0 Å². The van der Waals surface area contributed by atoms with Crippen molar-refractivity contribution in [1.82, 2.24) is 4.90 Å². The lowest BCUT2D eigenvalue weighted by atomic mass is 9.83. The fourth-order valence-electron chi connectivity index (χ4n) is 2.89. The van der Waals surface area contributed by atoms with Gasteiger partial charge in [-0.25, -0.2) is 0 Å². The Balaban J connectivity index is 2.24. The van der Waals surface area contributed by atoms with Crippen LogP contribution >= 0.6 is 11.3 Å². The first-order valence-corrected chi connectivity index (χ1v) is 7.69. The molecule has 0 aliphatic heterocycles. The van der Waals surface area contributed by atoms with Crippen LogP contribution in [-0.4, -0.2) is 28.9 Å². The molecule has 1 fully saturated rings. The number of nitrogens with two attached hydrogens (primary N) is 1. The molecule has 1 unspecified atom stereocenters. The first-order chi connectivity index (χ1) is 9.53. The summed E-state index contributed by atoms with van der Waals surface area (Å²) < 4.78 is 0. The molecule has 1 aromatic heterocycles. The maximum atomic E-state index is 12.9. The molecule has 6 heteroatoms. The third kappa shape index (κ3) is 2.40. The Morgan fingerprint density at radius 3 is 2.70 bits per heavy atom. The lowest BCUT2D eigenvalue weighted by molar-refractivity contribution is -0.138. The first kappa shape index (κ1) is 14.8. The Morgan fingerprint density at radius 2 is 2.20 bits per heavy atom. The molecule has 1 amide bonds. The van der Waals surface area contributed by atoms with E-state index < -0.39 is 5.41 Å². The molecule has 0 aromatic carbocycles. The first-order valence-electron chi connectivity index (χ1n) is 6.81. The zero-order chi connectivity index (χ0) is 14.8. The van der Waals surface area contributed by atoms with Gasteiger partial charge in [0.25, 0.3) is 0 Å². The maximum absolute atomic E-state index is 12.9. The smallest absolute Gasteiger partial charge is 0.236 e. The van der Waals surface area contributed by atoms with Gasteiger partial charge >= 0.3 is 0 Å². The van der Waals surface area contributed by atoms with Crippen LogP contribution in [0.2, 0.25) is 0 Å². The number of nitrogens with zero attached hydrogens (tertiary/aromatic N) is 2. The van der Waals surface area contributed by atoms with Crippen molar-refractivity contribution in [3.8, 4) is 0 Å². The highest BCUT2D eigenvalue weighted by atomic mass is 32.1. The quantitative estimate of drug-likeness (QED) is 0.388. The van der Waals surface area contributed by atoms with E-state index in [-0.39, 0.29) is 17.8 Å². The Bertz CT molecular complexity index is 493. The fourth-order valence-corrected chi connectivity index (χ4v) is 3.71. The molecule has 5 nitrogen and oxygen atoms in total. The van der Waals surface area contributed by atoms with Crippen molar-refractivity contribution >= 4 is 23.1 Å². The second-order valence-electron chi connectivity index (χ2n) is 5.38. The van der Waals surface area contributed by atoms with Crippen LogP contribution < -0.4 is 5.73 Å². The average molecular weight is 295 g/mol. The van der Waals surface area contributed by atoms with Crippen LogP contribution in [0.5, 0.6) is 0 Å². The van der Waals surface area contributed by atoms with Crippen molar-refractivity contribution in [2.45, 2.75) is 38.6 Å². The van der Waals surface area contributed by atoms with Crippen LogP contribution in [0, 0.1) is 5.41 Å². The summed E-state index contributed by atoms with van der Waals surface area (Å²) in [6.07, 6.45) is 3.18. The zero-order valence-corrected chi connectivity index (χ0v) is 12.7. The monoisotopic (exact) mass is 295 g/mol. The van der Waals surface area contributed by atoms with E-state index in [1.54, 1.807) is 23.3 Å². The summed E-state index contributed by atoms with van der Waals surface area (Å²) in [5, 5.41) is 14.1. The Kier molecular flexibility index (Phi) is 4.32. The zero-order valence-electron chi connectivity index (χ0n) is 11.9. The average Bonchev–Trinajstić information content (AvgIpc) is 3.15. The highest BCUT2D eigenvalue weighted by Gasteiger charge is 2.47. The molecule has 1 aliphatic rings. The minimum Gasteiger partial charge on any atom is -0.409 e. The summed E-state index contributed by atoms with van der Waals surface area (Å²) in [5.74, 6) is -0.00331. The summed E-state index contributed by atoms with van der Waals surface area (Å²) >= 11 is 1.63. The van der Waals surface area contributed by atoms with E-state index in [9.17, 15) is 4.79 Å². The Hall–Kier alpha value is -1.56. The number of carbonyl (C=O) groups excluding carboxylic acids is 1. The van der Waals surface area contributed by atoms with E-state index >= 15 is 0 Å². The largest absolute Gasteiger partial charge is 0.409 e. The lowest BCUT2D eigenvalue weighted by Crippen LogP contribution is -2.49. The van der Waals surface area contributed by atoms with Crippen LogP contribution in [0.1, 0.15) is 43.5 Å². The molecule has 1 heterocycles. The molecular formula is C14H21N3O2S. The van der Waals surface area contributed by atoms with Crippen molar-refractivity contribution < 1.29 is 10.0 Å². The van der Waals surface area contributed by atoms with E-state index in [2.05, 4.69) is 5.16 Å². The maximum Gasteiger partial charge on any atom is 0.236 e. The molecule has 0 bridgehead atoms. The van der Waals surface area contributed by atoms with Gasteiger partial charge in [0.15, 0.2) is 5.84 Å². The van der Waals surface area contributed by atoms with E-state index in [1.807, 2.05) is 24.4 Å². The van der Waals surface area contributed by atoms with Gasteiger partial charge in [0.1, 0.15) is 5.41 Å². The van der Waals surface area contributed by atoms with Crippen LogP contribution in [0.15, 0.2) is 22.7 Å². The minimum absolute atomic E-state index is 0.00790. The van der Waals surface area contributed by atoms with E-state index in [4.69, 9.17) is 10.9 Å². The number of oxime groups is 1. The second-order valence-corrected chi connectivity index (χ2v) is 6.36. The molecule has 2 rings (SSSR count). The van der Waals surface area contributed by atoms with Crippen LogP contribution in [0.25, 0.3) is 0 Å². The van der Waals surface area contributed by atoms with Gasteiger partial charge in [-0.15, -0.1) is 11.3 Å². The molecule has 1 aromatic rings. The van der Waals surface area contributed by atoms with Gasteiger partial charge in [-0.05, 0) is 31.2 Å². The fraction of sp³-hybridized carbons (Fsp3) is 0.571. The number of thiophene rings is 1. The highest BCUT2D eigenvalue weighted by molar-refractivity contribution is 7.10. The molecule has 0 saturated heterocycles. The lowest BCUT2D eigenvalue weighted by Gasteiger charge is -2.34. The number of hydrogen-bond acceptors (Lipinski definition) is 4. The van der Waals surface area contributed by atoms with E-state index in [0.29, 0.717) is 12.8 Å². The molecule has 1 saturated carbocycles. The summed E-state index contributed by atoms with van der Waals surface area (Å²) in [4.78, 5) is 15.7. The van der Waals surface area contributed by atoms with E-state index in [1.165, 1.54) is 0 Å². The summed E-state index contributed by atoms with van der Waals surface area (Å²) in [6.45, 7) is 2.00. The number of amidine groups is 1. The van der Waals surface area contributed by atoms with Crippen molar-refractivity contribution in [2.24, 2.45) is 16.3 Å². The predicted molar refractivity (Wildman–Crippen MR) is 79.8 cm³/mol. The number of carbonyl (C=O) groups is 1. The molecular weight excluding hydrogens is 274 g/mol. The van der Waals surface area contributed by atoms with Crippen molar-refractivity contribution in [3.63, 3.8) is 0 Å². The SMILES string of the molecule is CC(c1cccs1)N(C)C(=O)C1(C(N)=NO)CCCC1. The second kappa shape index (κ2) is 5.83. The molecule has 1 aliphatic carbocycles. The van der Waals surface area contributed by atoms with Gasteiger partial charge in [0.05, 0.1) is 6.04 Å². The van der Waals surface area contributed by atoms with E-state index in [0.717, 1.165) is 17.7 Å². The molecule has 0 radical (unpaired) electrons. The third-order valence-corrected chi connectivity index (χ3v) is 5.36. The van der Waals surface area contributed by atoms with Gasteiger partial charge in [0.2, 0.25) is 5.91 Å². The van der Waals surface area contributed by atoms with Crippen molar-refractivity contribution in [3.05, 3.63) is 22.4 Å². The van der Waals surface area contributed by atoms with Crippen LogP contribution in [-0.2, 0) is 4.79 Å². The van der Waals surface area contributed by atoms with Crippen LogP contribution in [0.4, 0.5) is 0 Å². The predicted octanol–water partition coefficient (Wildman–Crippen LogP) is 2.57. The molecule has 20 heavy (non-hydrogen) atoms. The Labute approximate surface area is 123 Å². The summed E-state index contributed by atoms with van der Waals surface area (Å²) in [6, 6.07) is 3.99. The normalized spacial score (nSPS) is 19.8. The highest BCUT2D eigenvalue weighted by Crippen LogP contribution is 2.41. The minimum atomic E-state index is -0.824. The topological polar surface area (TPSA) is 78.9 Å². The Morgan fingerprint density at radius 1 is 1.55 bits per heavy atom. The molecule has 110 valence electrons. The molecule has 0 spiro atoms. The van der Waals surface area contributed by atoms with Gasteiger partial charge < -0.3 is 15.8 Å². The van der Waals surface area contributed by atoms with Gasteiger partial charge in [-0.1, -0.05) is 24.1 Å². The number of rotatable bonds is 4. The summed E-state index contributed by atoms with van der Waals surface area (Å²) in [5.41, 5.74) is 5.00. The van der Waals surface area contributed by atoms with Gasteiger partial charge in [-0.2, -0.15) is 0 Å². The van der Waals surface area contributed by atoms with Crippen molar-refractivity contribution in [2.75, 3.05) is 7.05 Å². The number of hydrogen-bond donors (Lipinski definition) is 2. The van der Waals surface area contributed by atoms with Gasteiger partial charge in [0, 0.05) is 11.9 Å².